The summed E-state index contributed by atoms with van der Waals surface area (Å²) < 4.78 is 8.21. The number of nitrogens with zero attached hydrogens (tertiary/aromatic N) is 2. The monoisotopic (exact) mass is 397 g/mol. The van der Waals surface area contributed by atoms with Crippen LogP contribution in [0.15, 0.2) is 36.7 Å². The van der Waals surface area contributed by atoms with Gasteiger partial charge in [0.2, 0.25) is 0 Å². The Balaban J connectivity index is 1.69. The highest BCUT2D eigenvalue weighted by molar-refractivity contribution is 14.1. The lowest BCUT2D eigenvalue weighted by atomic mass is 10.1. The Hall–Kier alpha value is -1.41. The molecule has 1 saturated heterocycles. The van der Waals surface area contributed by atoms with Crippen LogP contribution in [0.25, 0.3) is 0 Å². The van der Waals surface area contributed by atoms with Crippen LogP contribution in [-0.2, 0) is 4.74 Å². The summed E-state index contributed by atoms with van der Waals surface area (Å²) in [5.74, 6) is -0.105. The van der Waals surface area contributed by atoms with Crippen molar-refractivity contribution in [1.29, 1.82) is 0 Å². The van der Waals surface area contributed by atoms with Crippen molar-refractivity contribution in [3.05, 3.63) is 45.8 Å². The lowest BCUT2D eigenvalue weighted by Crippen LogP contribution is -2.19. The van der Waals surface area contributed by atoms with Crippen LogP contribution in [0.4, 0.5) is 5.69 Å². The third-order valence-corrected chi connectivity index (χ3v) is 4.48. The van der Waals surface area contributed by atoms with Gasteiger partial charge in [-0.15, -0.1) is 0 Å². The summed E-state index contributed by atoms with van der Waals surface area (Å²) in [5.41, 5.74) is 1.41. The van der Waals surface area contributed by atoms with Crippen LogP contribution in [-0.4, -0.2) is 28.9 Å². The lowest BCUT2D eigenvalue weighted by molar-refractivity contribution is 0.0662. The highest BCUT2D eigenvalue weighted by atomic mass is 127. The number of hydrogen-bond donors (Lipinski definition) is 1. The van der Waals surface area contributed by atoms with E-state index in [9.17, 15) is 4.79 Å². The molecule has 0 radical (unpaired) electrons. The molecule has 1 aliphatic rings. The molecule has 1 N–H and O–H groups in total. The number of ether oxygens (including phenoxy) is 1. The van der Waals surface area contributed by atoms with Crippen LogP contribution in [0.1, 0.15) is 29.2 Å². The Kier molecular flexibility index (Phi) is 4.54. The van der Waals surface area contributed by atoms with Crippen LogP contribution in [0.5, 0.6) is 0 Å². The number of carbonyl (C=O) groups is 1. The van der Waals surface area contributed by atoms with Gasteiger partial charge in [0, 0.05) is 23.0 Å². The van der Waals surface area contributed by atoms with Crippen molar-refractivity contribution in [2.24, 2.45) is 0 Å². The molecule has 6 heteroatoms. The standard InChI is InChI=1S/C15H16IN3O2/c16-14-4-2-1-3-13(14)15(20)18-11-9-17-19(10-11)12-5-7-21-8-6-12/h1-4,9-10,12H,5-8H2,(H,18,20). The van der Waals surface area contributed by atoms with E-state index in [0.29, 0.717) is 11.6 Å². The highest BCUT2D eigenvalue weighted by Crippen LogP contribution is 2.22. The van der Waals surface area contributed by atoms with E-state index in [1.54, 1.807) is 6.20 Å². The number of halogens is 1. The summed E-state index contributed by atoms with van der Waals surface area (Å²) >= 11 is 2.16. The van der Waals surface area contributed by atoms with Gasteiger partial charge in [-0.2, -0.15) is 5.10 Å². The molecule has 1 fully saturated rings. The number of amides is 1. The maximum atomic E-state index is 12.2. The molecule has 2 aromatic rings. The van der Waals surface area contributed by atoms with E-state index in [4.69, 9.17) is 4.74 Å². The molecular formula is C15H16IN3O2. The predicted octanol–water partition coefficient (Wildman–Crippen LogP) is 3.09. The molecule has 1 aliphatic heterocycles. The summed E-state index contributed by atoms with van der Waals surface area (Å²) in [6.45, 7) is 1.54. The molecule has 0 atom stereocenters. The summed E-state index contributed by atoms with van der Waals surface area (Å²) in [4.78, 5) is 12.2. The van der Waals surface area contributed by atoms with Crippen molar-refractivity contribution in [1.82, 2.24) is 9.78 Å². The highest BCUT2D eigenvalue weighted by Gasteiger charge is 2.17. The molecule has 110 valence electrons. The Labute approximate surface area is 136 Å². The number of benzene rings is 1. The van der Waals surface area contributed by atoms with Gasteiger partial charge in [-0.3, -0.25) is 9.48 Å². The fraction of sp³-hybridized carbons (Fsp3) is 0.333. The molecule has 1 aromatic heterocycles. The maximum Gasteiger partial charge on any atom is 0.256 e. The minimum atomic E-state index is -0.105. The van der Waals surface area contributed by atoms with Gasteiger partial charge < -0.3 is 10.1 Å². The number of anilines is 1. The first-order chi connectivity index (χ1) is 10.2. The summed E-state index contributed by atoms with van der Waals surface area (Å²) in [6.07, 6.45) is 5.52. The van der Waals surface area contributed by atoms with Gasteiger partial charge in [0.15, 0.2) is 0 Å². The Morgan fingerprint density at radius 3 is 2.86 bits per heavy atom. The lowest BCUT2D eigenvalue weighted by Gasteiger charge is -2.22. The smallest absolute Gasteiger partial charge is 0.256 e. The Bertz CT molecular complexity index is 635. The molecule has 1 amide bonds. The van der Waals surface area contributed by atoms with Crippen molar-refractivity contribution in [2.45, 2.75) is 18.9 Å². The number of aromatic nitrogens is 2. The number of hydrogen-bond acceptors (Lipinski definition) is 3. The first-order valence-corrected chi connectivity index (χ1v) is 7.99. The number of carbonyl (C=O) groups excluding carboxylic acids is 1. The van der Waals surface area contributed by atoms with E-state index in [0.717, 1.165) is 35.3 Å². The average Bonchev–Trinajstić information content (AvgIpc) is 2.97. The molecule has 0 unspecified atom stereocenters. The summed E-state index contributed by atoms with van der Waals surface area (Å²) in [6, 6.07) is 7.88. The molecule has 0 saturated carbocycles. The topological polar surface area (TPSA) is 56.2 Å². The fourth-order valence-electron chi connectivity index (χ4n) is 2.40. The minimum Gasteiger partial charge on any atom is -0.381 e. The van der Waals surface area contributed by atoms with Crippen LogP contribution in [0, 0.1) is 3.57 Å². The SMILES string of the molecule is O=C(Nc1cnn(C2CCOCC2)c1)c1ccccc1I. The zero-order valence-corrected chi connectivity index (χ0v) is 13.6. The van der Waals surface area contributed by atoms with Crippen LogP contribution in [0.2, 0.25) is 0 Å². The Morgan fingerprint density at radius 1 is 1.33 bits per heavy atom. The van der Waals surface area contributed by atoms with Gasteiger partial charge in [-0.25, -0.2) is 0 Å². The zero-order chi connectivity index (χ0) is 14.7. The molecule has 1 aromatic carbocycles. The molecule has 0 spiro atoms. The van der Waals surface area contributed by atoms with Crippen molar-refractivity contribution in [2.75, 3.05) is 18.5 Å². The Morgan fingerprint density at radius 2 is 2.10 bits per heavy atom. The molecule has 5 nitrogen and oxygen atoms in total. The third-order valence-electron chi connectivity index (χ3n) is 3.54. The number of nitrogens with one attached hydrogen (secondary N) is 1. The normalized spacial score (nSPS) is 15.9. The second-order valence-electron chi connectivity index (χ2n) is 4.99. The van der Waals surface area contributed by atoms with Gasteiger partial charge >= 0.3 is 0 Å². The van der Waals surface area contributed by atoms with Gasteiger partial charge in [0.1, 0.15) is 0 Å². The van der Waals surface area contributed by atoms with Crippen LogP contribution in [0.3, 0.4) is 0 Å². The minimum absolute atomic E-state index is 0.105. The van der Waals surface area contributed by atoms with Gasteiger partial charge in [0.05, 0.1) is 23.5 Å². The van der Waals surface area contributed by atoms with Crippen molar-refractivity contribution >= 4 is 34.2 Å². The fourth-order valence-corrected chi connectivity index (χ4v) is 3.03. The molecule has 3 rings (SSSR count). The second kappa shape index (κ2) is 6.57. The quantitative estimate of drug-likeness (QED) is 0.811. The first kappa shape index (κ1) is 14.5. The maximum absolute atomic E-state index is 12.2. The molecule has 21 heavy (non-hydrogen) atoms. The second-order valence-corrected chi connectivity index (χ2v) is 6.15. The molecular weight excluding hydrogens is 381 g/mol. The van der Waals surface area contributed by atoms with Crippen molar-refractivity contribution in [3.8, 4) is 0 Å². The van der Waals surface area contributed by atoms with E-state index in [2.05, 4.69) is 33.0 Å². The van der Waals surface area contributed by atoms with Crippen molar-refractivity contribution < 1.29 is 9.53 Å². The van der Waals surface area contributed by atoms with E-state index in [1.165, 1.54) is 0 Å². The third kappa shape index (κ3) is 3.44. The van der Waals surface area contributed by atoms with E-state index in [-0.39, 0.29) is 5.91 Å². The van der Waals surface area contributed by atoms with Gasteiger partial charge in [-0.05, 0) is 47.6 Å². The van der Waals surface area contributed by atoms with E-state index < -0.39 is 0 Å². The average molecular weight is 397 g/mol. The van der Waals surface area contributed by atoms with E-state index in [1.807, 2.05) is 35.1 Å². The predicted molar refractivity (Wildman–Crippen MR) is 88.4 cm³/mol. The summed E-state index contributed by atoms with van der Waals surface area (Å²) in [5, 5.41) is 7.25. The van der Waals surface area contributed by atoms with Gasteiger partial charge in [-0.1, -0.05) is 12.1 Å². The van der Waals surface area contributed by atoms with Gasteiger partial charge in [0.25, 0.3) is 5.91 Å². The van der Waals surface area contributed by atoms with Crippen molar-refractivity contribution in [3.63, 3.8) is 0 Å². The largest absolute Gasteiger partial charge is 0.381 e. The first-order valence-electron chi connectivity index (χ1n) is 6.92. The summed E-state index contributed by atoms with van der Waals surface area (Å²) in [7, 11) is 0. The van der Waals surface area contributed by atoms with E-state index >= 15 is 0 Å². The zero-order valence-electron chi connectivity index (χ0n) is 11.5. The van der Waals surface area contributed by atoms with Crippen LogP contribution < -0.4 is 5.32 Å². The van der Waals surface area contributed by atoms with Crippen LogP contribution >= 0.6 is 22.6 Å². The molecule has 2 heterocycles. The molecule has 0 bridgehead atoms. The number of rotatable bonds is 3. The molecule has 0 aliphatic carbocycles.